The van der Waals surface area contributed by atoms with E-state index in [1.54, 1.807) is 0 Å². The monoisotopic (exact) mass is 254 g/mol. The highest BCUT2D eigenvalue weighted by Crippen LogP contribution is 2.46. The van der Waals surface area contributed by atoms with E-state index in [1.807, 2.05) is 48.5 Å². The van der Waals surface area contributed by atoms with Gasteiger partial charge in [-0.1, -0.05) is 36.4 Å². The molecule has 3 heteroatoms. The molecule has 2 aromatic rings. The summed E-state index contributed by atoms with van der Waals surface area (Å²) in [4.78, 5) is 0. The van der Waals surface area contributed by atoms with Gasteiger partial charge in [0.2, 0.25) is 0 Å². The lowest BCUT2D eigenvalue weighted by atomic mass is 9.94. The van der Waals surface area contributed by atoms with Gasteiger partial charge in [-0.2, -0.15) is 0 Å². The van der Waals surface area contributed by atoms with Crippen LogP contribution in [-0.4, -0.2) is 10.9 Å². The fraction of sp³-hybridized carbons (Fsp3) is 0.250. The first-order valence-corrected chi connectivity index (χ1v) is 6.49. The second kappa shape index (κ2) is 3.75. The summed E-state index contributed by atoms with van der Waals surface area (Å²) in [6, 6.07) is 15.5. The molecule has 2 aromatic carbocycles. The molecule has 0 saturated heterocycles. The van der Waals surface area contributed by atoms with Crippen molar-refractivity contribution in [3.8, 4) is 11.5 Å². The molecule has 2 heterocycles. The van der Waals surface area contributed by atoms with E-state index in [0.29, 0.717) is 18.6 Å². The minimum atomic E-state index is -0.753. The Kier molecular flexibility index (Phi) is 2.15. The van der Waals surface area contributed by atoms with Crippen LogP contribution in [0, 0.1) is 0 Å². The van der Waals surface area contributed by atoms with Crippen molar-refractivity contribution in [2.45, 2.75) is 24.7 Å². The fourth-order valence-electron chi connectivity index (χ4n) is 2.94. The quantitative estimate of drug-likeness (QED) is 0.785. The van der Waals surface area contributed by atoms with Crippen LogP contribution in [0.5, 0.6) is 11.5 Å². The number of aliphatic hydroxyl groups is 1. The van der Waals surface area contributed by atoms with Crippen LogP contribution in [0.4, 0.5) is 0 Å². The molecule has 0 unspecified atom stereocenters. The minimum Gasteiger partial charge on any atom is -0.452 e. The Balaban J connectivity index is 1.73. The van der Waals surface area contributed by atoms with Gasteiger partial charge in [0.25, 0.3) is 5.79 Å². The van der Waals surface area contributed by atoms with Crippen LogP contribution >= 0.6 is 0 Å². The third-order valence-electron chi connectivity index (χ3n) is 3.81. The summed E-state index contributed by atoms with van der Waals surface area (Å²) in [5.74, 6) is 0.820. The van der Waals surface area contributed by atoms with Gasteiger partial charge in [0, 0.05) is 11.1 Å². The lowest BCUT2D eigenvalue weighted by Gasteiger charge is -2.36. The number of para-hydroxylation sites is 2. The molecule has 0 aromatic heterocycles. The Morgan fingerprint density at radius 1 is 0.947 bits per heavy atom. The Labute approximate surface area is 111 Å². The van der Waals surface area contributed by atoms with Crippen molar-refractivity contribution in [2.24, 2.45) is 0 Å². The van der Waals surface area contributed by atoms with Crippen LogP contribution in [-0.2, 0) is 6.42 Å². The zero-order valence-corrected chi connectivity index (χ0v) is 10.4. The van der Waals surface area contributed by atoms with E-state index in [4.69, 9.17) is 9.47 Å². The van der Waals surface area contributed by atoms with E-state index >= 15 is 0 Å². The molecule has 0 aliphatic carbocycles. The van der Waals surface area contributed by atoms with Crippen LogP contribution < -0.4 is 9.47 Å². The highest BCUT2D eigenvalue weighted by molar-refractivity contribution is 5.42. The lowest BCUT2D eigenvalue weighted by Crippen LogP contribution is -2.45. The number of fused-ring (bicyclic) bond motifs is 2. The molecular formula is C16H14O3. The van der Waals surface area contributed by atoms with Crippen molar-refractivity contribution in [1.82, 2.24) is 0 Å². The van der Waals surface area contributed by atoms with Gasteiger partial charge < -0.3 is 14.6 Å². The van der Waals surface area contributed by atoms with Crippen LogP contribution in [0.15, 0.2) is 48.5 Å². The average Bonchev–Trinajstić information content (AvgIpc) is 2.75. The van der Waals surface area contributed by atoms with Gasteiger partial charge in [-0.15, -0.1) is 0 Å². The van der Waals surface area contributed by atoms with Crippen LogP contribution in [0.25, 0.3) is 0 Å². The largest absolute Gasteiger partial charge is 0.452 e. The molecule has 3 nitrogen and oxygen atoms in total. The van der Waals surface area contributed by atoms with E-state index in [-0.39, 0.29) is 0 Å². The Hall–Kier alpha value is -2.00. The summed E-state index contributed by atoms with van der Waals surface area (Å²) in [6.45, 7) is 0. The molecular weight excluding hydrogens is 240 g/mol. The molecule has 4 rings (SSSR count). The van der Waals surface area contributed by atoms with Gasteiger partial charge in [0.05, 0.1) is 18.9 Å². The number of hydrogen-bond donors (Lipinski definition) is 1. The molecule has 1 N–H and O–H groups in total. The van der Waals surface area contributed by atoms with Gasteiger partial charge in [0.15, 0.2) is 0 Å². The summed E-state index contributed by atoms with van der Waals surface area (Å²) in [6.07, 6.45) is 0.590. The predicted octanol–water partition coefficient (Wildman–Crippen LogP) is 2.83. The number of hydrogen-bond acceptors (Lipinski definition) is 3. The maximum absolute atomic E-state index is 10.3. The SMILES string of the molecule is O[C@H]1C[C@]2(Cc3ccccc3O2)Oc2ccccc21. The smallest absolute Gasteiger partial charge is 0.258 e. The number of benzene rings is 2. The number of rotatable bonds is 0. The Bertz CT molecular complexity index is 610. The van der Waals surface area contributed by atoms with E-state index in [2.05, 4.69) is 0 Å². The van der Waals surface area contributed by atoms with Gasteiger partial charge in [-0.05, 0) is 12.1 Å². The first-order valence-electron chi connectivity index (χ1n) is 6.49. The summed E-state index contributed by atoms with van der Waals surface area (Å²) < 4.78 is 12.0. The van der Waals surface area contributed by atoms with E-state index in [9.17, 15) is 5.11 Å². The van der Waals surface area contributed by atoms with Crippen molar-refractivity contribution >= 4 is 0 Å². The maximum atomic E-state index is 10.3. The van der Waals surface area contributed by atoms with Crippen molar-refractivity contribution in [3.63, 3.8) is 0 Å². The predicted molar refractivity (Wildman–Crippen MR) is 70.2 cm³/mol. The molecule has 0 saturated carbocycles. The molecule has 1 spiro atoms. The highest BCUT2D eigenvalue weighted by atomic mass is 16.7. The molecule has 2 aliphatic heterocycles. The second-order valence-electron chi connectivity index (χ2n) is 5.16. The average molecular weight is 254 g/mol. The van der Waals surface area contributed by atoms with Crippen LogP contribution in [0.2, 0.25) is 0 Å². The van der Waals surface area contributed by atoms with E-state index in [1.165, 1.54) is 0 Å². The normalized spacial score (nSPS) is 27.3. The zero-order valence-electron chi connectivity index (χ0n) is 10.4. The van der Waals surface area contributed by atoms with Crippen LogP contribution in [0.3, 0.4) is 0 Å². The van der Waals surface area contributed by atoms with Gasteiger partial charge in [-0.25, -0.2) is 0 Å². The molecule has 2 aliphatic rings. The molecule has 0 fully saturated rings. The number of ether oxygens (including phenoxy) is 2. The highest BCUT2D eigenvalue weighted by Gasteiger charge is 2.47. The standard InChI is InChI=1S/C16H14O3/c17-13-10-16(19-15-8-4-2-6-12(13)15)9-11-5-1-3-7-14(11)18-16/h1-8,13,17H,9-10H2/t13-,16-/m0/s1. The van der Waals surface area contributed by atoms with Crippen molar-refractivity contribution < 1.29 is 14.6 Å². The van der Waals surface area contributed by atoms with Gasteiger partial charge in [0.1, 0.15) is 11.5 Å². The third kappa shape index (κ3) is 1.62. The second-order valence-corrected chi connectivity index (χ2v) is 5.16. The summed E-state index contributed by atoms with van der Waals surface area (Å²) in [5, 5.41) is 10.3. The minimum absolute atomic E-state index is 0.457. The van der Waals surface area contributed by atoms with Crippen molar-refractivity contribution in [1.29, 1.82) is 0 Å². The zero-order chi connectivity index (χ0) is 12.9. The number of aliphatic hydroxyl groups excluding tert-OH is 1. The fourth-order valence-corrected chi connectivity index (χ4v) is 2.94. The molecule has 0 bridgehead atoms. The van der Waals surface area contributed by atoms with Gasteiger partial charge in [-0.3, -0.25) is 0 Å². The van der Waals surface area contributed by atoms with Gasteiger partial charge >= 0.3 is 0 Å². The topological polar surface area (TPSA) is 38.7 Å². The van der Waals surface area contributed by atoms with Crippen molar-refractivity contribution in [2.75, 3.05) is 0 Å². The first kappa shape index (κ1) is 10.9. The summed E-state index contributed by atoms with van der Waals surface area (Å²) in [7, 11) is 0. The molecule has 2 atom stereocenters. The molecule has 0 radical (unpaired) electrons. The maximum Gasteiger partial charge on any atom is 0.258 e. The first-order chi connectivity index (χ1) is 9.26. The molecule has 96 valence electrons. The molecule has 19 heavy (non-hydrogen) atoms. The molecule has 0 amide bonds. The summed E-state index contributed by atoms with van der Waals surface area (Å²) in [5.41, 5.74) is 1.97. The van der Waals surface area contributed by atoms with Crippen LogP contribution in [0.1, 0.15) is 23.7 Å². The summed E-state index contributed by atoms with van der Waals surface area (Å²) >= 11 is 0. The van der Waals surface area contributed by atoms with E-state index < -0.39 is 11.9 Å². The van der Waals surface area contributed by atoms with Crippen molar-refractivity contribution in [3.05, 3.63) is 59.7 Å². The Morgan fingerprint density at radius 3 is 2.47 bits per heavy atom. The lowest BCUT2D eigenvalue weighted by molar-refractivity contribution is -0.138. The van der Waals surface area contributed by atoms with E-state index in [0.717, 1.165) is 16.9 Å². The Morgan fingerprint density at radius 2 is 1.63 bits per heavy atom. The third-order valence-corrected chi connectivity index (χ3v) is 3.81.